The predicted molar refractivity (Wildman–Crippen MR) is 150 cm³/mol. The molecule has 2 saturated heterocycles. The summed E-state index contributed by atoms with van der Waals surface area (Å²) < 4.78 is 28.9. The van der Waals surface area contributed by atoms with Crippen molar-refractivity contribution in [2.24, 2.45) is 5.73 Å². The van der Waals surface area contributed by atoms with Crippen molar-refractivity contribution in [3.63, 3.8) is 0 Å². The number of halogens is 2. The number of amides is 2. The van der Waals surface area contributed by atoms with Gasteiger partial charge >= 0.3 is 0 Å². The Morgan fingerprint density at radius 2 is 1.81 bits per heavy atom. The maximum absolute atomic E-state index is 14.1. The molecule has 3 aliphatic rings. The van der Waals surface area contributed by atoms with E-state index in [-0.39, 0.29) is 79.8 Å². The summed E-state index contributed by atoms with van der Waals surface area (Å²) >= 11 is 0. The van der Waals surface area contributed by atoms with Crippen LogP contribution in [-0.4, -0.2) is 89.2 Å². The van der Waals surface area contributed by atoms with Gasteiger partial charge in [0.1, 0.15) is 18.6 Å². The van der Waals surface area contributed by atoms with Crippen molar-refractivity contribution >= 4 is 29.2 Å². The third-order valence-corrected chi connectivity index (χ3v) is 8.72. The van der Waals surface area contributed by atoms with Crippen molar-refractivity contribution in [2.45, 2.75) is 64.6 Å². The molecule has 0 aromatic carbocycles. The fourth-order valence-electron chi connectivity index (χ4n) is 6.37. The Bertz CT molecular complexity index is 1710. The van der Waals surface area contributed by atoms with Crippen molar-refractivity contribution in [1.82, 2.24) is 34.0 Å². The van der Waals surface area contributed by atoms with Gasteiger partial charge in [-0.05, 0) is 44.6 Å². The van der Waals surface area contributed by atoms with Crippen molar-refractivity contribution in [2.75, 3.05) is 36.0 Å². The minimum absolute atomic E-state index is 0.0594. The summed E-state index contributed by atoms with van der Waals surface area (Å²) in [5, 5.41) is 14.9. The Labute approximate surface area is 244 Å². The standard InChI is InChI=1S/C27H32F2N10O4/c1-3-16-21(36-10-11-37(18-5-4-17(18)36)24(42)20-22(41)14(2)31-13-32-20)25(43)39-27(38(16)12-19(30)40)33-26(34-39)35-8-6-15(7-9-35)23(28)29/h13,17-18,41H,3-12H2,1-2H3,(H2,30,40)/t17-,18-/m0/s1. The molecule has 2 atom stereocenters. The van der Waals surface area contributed by atoms with Crippen LogP contribution in [0.4, 0.5) is 20.4 Å². The van der Waals surface area contributed by atoms with E-state index in [4.69, 9.17) is 5.73 Å². The number of nitrogens with two attached hydrogens (primary N) is 1. The average molecular weight is 599 g/mol. The second-order valence-corrected chi connectivity index (χ2v) is 11.0. The number of piperazine rings is 1. The van der Waals surface area contributed by atoms with Crippen molar-refractivity contribution < 1.29 is 23.5 Å². The van der Waals surface area contributed by atoms with E-state index in [1.807, 2.05) is 11.8 Å². The van der Waals surface area contributed by atoms with Gasteiger partial charge in [-0.3, -0.25) is 14.4 Å². The number of aromatic hydroxyl groups is 1. The summed E-state index contributed by atoms with van der Waals surface area (Å²) in [7, 11) is 0. The van der Waals surface area contributed by atoms with Crippen LogP contribution in [0.15, 0.2) is 22.8 Å². The van der Waals surface area contributed by atoms with Gasteiger partial charge in [0.15, 0.2) is 11.4 Å². The maximum Gasteiger partial charge on any atom is 0.299 e. The van der Waals surface area contributed by atoms with E-state index in [1.54, 1.807) is 21.3 Å². The molecule has 0 unspecified atom stereocenters. The van der Waals surface area contributed by atoms with Gasteiger partial charge < -0.3 is 30.1 Å². The Morgan fingerprint density at radius 3 is 2.44 bits per heavy atom. The van der Waals surface area contributed by atoms with E-state index < -0.39 is 23.5 Å². The summed E-state index contributed by atoms with van der Waals surface area (Å²) in [4.78, 5) is 57.6. The molecule has 1 saturated carbocycles. The van der Waals surface area contributed by atoms with Gasteiger partial charge in [0, 0.05) is 32.2 Å². The molecule has 6 rings (SSSR count). The van der Waals surface area contributed by atoms with Crippen LogP contribution in [-0.2, 0) is 17.8 Å². The van der Waals surface area contributed by atoms with Crippen molar-refractivity contribution in [3.8, 4) is 5.75 Å². The number of primary amides is 1. The lowest BCUT2D eigenvalue weighted by Gasteiger charge is -2.54. The second-order valence-electron chi connectivity index (χ2n) is 11.0. The highest BCUT2D eigenvalue weighted by molar-refractivity contribution is 5.95. The monoisotopic (exact) mass is 598 g/mol. The highest BCUT2D eigenvalue weighted by atomic mass is 19.3. The number of nitrogens with zero attached hydrogens (tertiary/aromatic N) is 9. The molecule has 0 bridgehead atoms. The number of carbonyl (C=O) groups is 2. The van der Waals surface area contributed by atoms with Gasteiger partial charge in [0.2, 0.25) is 17.6 Å². The second kappa shape index (κ2) is 10.9. The summed E-state index contributed by atoms with van der Waals surface area (Å²) in [5.74, 6) is -0.922. The number of rotatable bonds is 6. The van der Waals surface area contributed by atoms with E-state index in [9.17, 15) is 28.3 Å². The van der Waals surface area contributed by atoms with Gasteiger partial charge in [0.05, 0.1) is 17.4 Å². The van der Waals surface area contributed by atoms with Crippen molar-refractivity contribution in [3.05, 3.63) is 45.4 Å². The minimum atomic E-state index is -1.67. The Balaban J connectivity index is 1.38. The first-order chi connectivity index (χ1) is 20.6. The maximum atomic E-state index is 14.1. The summed E-state index contributed by atoms with van der Waals surface area (Å²) in [6, 6.07) is -0.413. The number of hydrogen-bond acceptors (Lipinski definition) is 10. The molecule has 3 aromatic rings. The fourth-order valence-corrected chi connectivity index (χ4v) is 6.37. The van der Waals surface area contributed by atoms with Crippen LogP contribution < -0.4 is 21.1 Å². The zero-order valence-corrected chi connectivity index (χ0v) is 23.8. The summed E-state index contributed by atoms with van der Waals surface area (Å²) in [5.41, 5.74) is 6.46. The van der Waals surface area contributed by atoms with Crippen molar-refractivity contribution in [1.29, 1.82) is 0 Å². The molecule has 2 aliphatic heterocycles. The van der Waals surface area contributed by atoms with E-state index in [1.165, 1.54) is 6.33 Å². The first kappa shape index (κ1) is 28.5. The molecule has 5 heterocycles. The molecule has 0 spiro atoms. The predicted octanol–water partition coefficient (Wildman–Crippen LogP) is 0.987. The topological polar surface area (TPSA) is 168 Å². The molecule has 2 amide bonds. The zero-order valence-electron chi connectivity index (χ0n) is 23.8. The highest BCUT2D eigenvalue weighted by Crippen LogP contribution is 2.38. The average Bonchev–Trinajstić information content (AvgIpc) is 3.42. The third-order valence-electron chi connectivity index (χ3n) is 8.72. The fraction of sp³-hybridized carbons (Fsp3) is 0.519. The first-order valence-electron chi connectivity index (χ1n) is 14.3. The molecule has 14 nitrogen and oxygen atoms in total. The number of aromatic nitrogens is 6. The number of hydrogen-bond donors (Lipinski definition) is 2. The molecule has 0 radical (unpaired) electrons. The summed E-state index contributed by atoms with van der Waals surface area (Å²) in [6.07, 6.45) is 1.70. The highest BCUT2D eigenvalue weighted by Gasteiger charge is 2.47. The van der Waals surface area contributed by atoms with Gasteiger partial charge in [-0.15, -0.1) is 5.10 Å². The van der Waals surface area contributed by atoms with Gasteiger partial charge in [-0.1, -0.05) is 6.92 Å². The molecule has 3 fully saturated rings. The van der Waals surface area contributed by atoms with E-state index in [0.717, 1.165) is 10.9 Å². The molecule has 43 heavy (non-hydrogen) atoms. The van der Waals surface area contributed by atoms with Crippen LogP contribution in [0, 0.1) is 6.92 Å². The quantitative estimate of drug-likeness (QED) is 0.417. The number of fused-ring (bicyclic) bond motifs is 2. The minimum Gasteiger partial charge on any atom is -0.504 e. The Hall–Kier alpha value is -4.63. The lowest BCUT2D eigenvalue weighted by Crippen LogP contribution is -2.67. The third kappa shape index (κ3) is 4.73. The van der Waals surface area contributed by atoms with Gasteiger partial charge in [0.25, 0.3) is 17.5 Å². The lowest BCUT2D eigenvalue weighted by molar-refractivity contribution is -0.118. The molecule has 3 N–H and O–H groups in total. The molecule has 16 heteroatoms. The zero-order chi connectivity index (χ0) is 30.6. The molecule has 1 aliphatic carbocycles. The van der Waals surface area contributed by atoms with Gasteiger partial charge in [-0.2, -0.15) is 18.3 Å². The van der Waals surface area contributed by atoms with Crippen LogP contribution >= 0.6 is 0 Å². The number of anilines is 2. The summed E-state index contributed by atoms with van der Waals surface area (Å²) in [6.45, 7) is 4.35. The molecule has 228 valence electrons. The SMILES string of the molecule is CCc1c(N2CCN(C(=O)c3ncnc(C)c3O)[C@H]3CC[C@@H]32)c(=O)n2nc(N3CCC(=C(F)F)CC3)nc2n1CC(N)=O. The lowest BCUT2D eigenvalue weighted by atomic mass is 9.81. The Morgan fingerprint density at radius 1 is 1.09 bits per heavy atom. The number of aryl methyl sites for hydroxylation is 1. The smallest absolute Gasteiger partial charge is 0.299 e. The Kier molecular flexibility index (Phi) is 7.22. The van der Waals surface area contributed by atoms with E-state index in [0.29, 0.717) is 36.5 Å². The first-order valence-corrected chi connectivity index (χ1v) is 14.3. The largest absolute Gasteiger partial charge is 0.504 e. The van der Waals surface area contributed by atoms with E-state index >= 15 is 0 Å². The van der Waals surface area contributed by atoms with Crippen LogP contribution in [0.25, 0.3) is 5.78 Å². The van der Waals surface area contributed by atoms with Crippen LogP contribution in [0.1, 0.15) is 54.5 Å². The van der Waals surface area contributed by atoms with E-state index in [2.05, 4.69) is 20.1 Å². The number of piperidine rings is 1. The normalized spacial score (nSPS) is 20.3. The van der Waals surface area contributed by atoms with Crippen LogP contribution in [0.2, 0.25) is 0 Å². The molecular formula is C27H32F2N10O4. The van der Waals surface area contributed by atoms with Gasteiger partial charge in [-0.25, -0.2) is 9.97 Å². The van der Waals surface area contributed by atoms with Crippen LogP contribution in [0.5, 0.6) is 5.75 Å². The number of carbonyl (C=O) groups excluding carboxylic acids is 2. The molecule has 3 aromatic heterocycles. The molecular weight excluding hydrogens is 566 g/mol. The van der Waals surface area contributed by atoms with Crippen LogP contribution in [0.3, 0.4) is 0 Å².